The maximum atomic E-state index is 12.0. The van der Waals surface area contributed by atoms with Gasteiger partial charge in [-0.1, -0.05) is 18.2 Å². The van der Waals surface area contributed by atoms with Crippen molar-refractivity contribution >= 4 is 20.9 Å². The number of hydrogen-bond acceptors (Lipinski definition) is 5. The number of imidazole rings is 1. The van der Waals surface area contributed by atoms with Crippen molar-refractivity contribution in [3.05, 3.63) is 54.1 Å². The molecule has 0 aliphatic heterocycles. The summed E-state index contributed by atoms with van der Waals surface area (Å²) >= 11 is 0. The Morgan fingerprint density at radius 1 is 1.21 bits per heavy atom. The van der Waals surface area contributed by atoms with Crippen molar-refractivity contribution in [2.45, 2.75) is 11.7 Å². The van der Waals surface area contributed by atoms with Crippen LogP contribution in [0.15, 0.2) is 53.7 Å². The van der Waals surface area contributed by atoms with Crippen LogP contribution in [0.25, 0.3) is 11.0 Å². The second kappa shape index (κ2) is 6.34. The second-order valence-corrected chi connectivity index (χ2v) is 7.20. The highest BCUT2D eigenvalue weighted by molar-refractivity contribution is 7.90. The molecule has 1 aromatic heterocycles. The zero-order valence-electron chi connectivity index (χ0n) is 13.0. The lowest BCUT2D eigenvalue weighted by Gasteiger charge is -2.10. The summed E-state index contributed by atoms with van der Waals surface area (Å²) < 4.78 is 31.2. The number of hydrogen-bond donors (Lipinski definition) is 0. The van der Waals surface area contributed by atoms with Crippen LogP contribution in [0, 0.1) is 11.3 Å². The van der Waals surface area contributed by atoms with E-state index in [1.165, 1.54) is 0 Å². The van der Waals surface area contributed by atoms with Gasteiger partial charge in [0.2, 0.25) is 15.0 Å². The number of nitrogens with zero attached hydrogens (tertiary/aromatic N) is 3. The third kappa shape index (κ3) is 3.24. The highest BCUT2D eigenvalue weighted by atomic mass is 32.2. The Labute approximate surface area is 139 Å². The molecule has 0 unspecified atom stereocenters. The average molecular weight is 341 g/mol. The van der Waals surface area contributed by atoms with Crippen molar-refractivity contribution in [1.82, 2.24) is 9.55 Å². The summed E-state index contributed by atoms with van der Waals surface area (Å²) in [5.74, 6) is 0.569. The Balaban J connectivity index is 1.86. The first kappa shape index (κ1) is 16.0. The first-order chi connectivity index (χ1) is 11.5. The van der Waals surface area contributed by atoms with Crippen LogP contribution in [-0.4, -0.2) is 30.8 Å². The lowest BCUT2D eigenvalue weighted by molar-refractivity contribution is 0.295. The number of rotatable bonds is 5. The summed E-state index contributed by atoms with van der Waals surface area (Å²) in [4.78, 5) is 4.21. The molecule has 7 heteroatoms. The van der Waals surface area contributed by atoms with Gasteiger partial charge in [-0.15, -0.1) is 0 Å². The SMILES string of the molecule is CS(=O)(=O)c1nc2ccccc2n1CCOc1cccc(C#N)c1. The average Bonchev–Trinajstić information content (AvgIpc) is 2.94. The van der Waals surface area contributed by atoms with E-state index in [1.54, 1.807) is 34.9 Å². The predicted molar refractivity (Wildman–Crippen MR) is 89.5 cm³/mol. The van der Waals surface area contributed by atoms with Crippen molar-refractivity contribution in [2.75, 3.05) is 12.9 Å². The van der Waals surface area contributed by atoms with Gasteiger partial charge in [-0.25, -0.2) is 13.4 Å². The maximum absolute atomic E-state index is 12.0. The molecular formula is C17H15N3O3S. The van der Waals surface area contributed by atoms with Gasteiger partial charge in [0.05, 0.1) is 29.2 Å². The van der Waals surface area contributed by atoms with Gasteiger partial charge in [0.25, 0.3) is 0 Å². The lowest BCUT2D eigenvalue weighted by atomic mass is 10.2. The molecule has 1 heterocycles. The predicted octanol–water partition coefficient (Wildman–Crippen LogP) is 2.39. The van der Waals surface area contributed by atoms with Gasteiger partial charge in [-0.05, 0) is 30.3 Å². The zero-order valence-corrected chi connectivity index (χ0v) is 13.8. The smallest absolute Gasteiger partial charge is 0.228 e. The zero-order chi connectivity index (χ0) is 17.2. The number of para-hydroxylation sites is 2. The van der Waals surface area contributed by atoms with E-state index < -0.39 is 9.84 Å². The van der Waals surface area contributed by atoms with E-state index in [4.69, 9.17) is 10.00 Å². The van der Waals surface area contributed by atoms with Gasteiger partial charge in [0.15, 0.2) is 0 Å². The van der Waals surface area contributed by atoms with Crippen LogP contribution in [0.2, 0.25) is 0 Å². The van der Waals surface area contributed by atoms with E-state index >= 15 is 0 Å². The minimum Gasteiger partial charge on any atom is -0.492 e. The van der Waals surface area contributed by atoms with Crippen LogP contribution >= 0.6 is 0 Å². The van der Waals surface area contributed by atoms with E-state index in [1.807, 2.05) is 18.2 Å². The number of benzene rings is 2. The normalized spacial score (nSPS) is 11.3. The minimum absolute atomic E-state index is 0.0260. The molecule has 0 bridgehead atoms. The number of ether oxygens (including phenoxy) is 1. The van der Waals surface area contributed by atoms with Crippen molar-refractivity contribution in [3.63, 3.8) is 0 Å². The lowest BCUT2D eigenvalue weighted by Crippen LogP contribution is -2.14. The third-order valence-electron chi connectivity index (χ3n) is 3.50. The Morgan fingerprint density at radius 2 is 2.00 bits per heavy atom. The monoisotopic (exact) mass is 341 g/mol. The van der Waals surface area contributed by atoms with Gasteiger partial charge in [0, 0.05) is 6.26 Å². The van der Waals surface area contributed by atoms with Crippen LogP contribution in [0.1, 0.15) is 5.56 Å². The summed E-state index contributed by atoms with van der Waals surface area (Å²) in [5.41, 5.74) is 1.88. The molecule has 6 nitrogen and oxygen atoms in total. The molecule has 0 aliphatic carbocycles. The van der Waals surface area contributed by atoms with Crippen molar-refractivity contribution in [3.8, 4) is 11.8 Å². The maximum Gasteiger partial charge on any atom is 0.228 e. The molecule has 0 spiro atoms. The first-order valence-corrected chi connectivity index (χ1v) is 9.16. The molecule has 3 aromatic rings. The van der Waals surface area contributed by atoms with Crippen LogP contribution in [0.5, 0.6) is 5.75 Å². The fourth-order valence-electron chi connectivity index (χ4n) is 2.46. The molecule has 122 valence electrons. The number of aromatic nitrogens is 2. The molecule has 3 rings (SSSR count). The Kier molecular flexibility index (Phi) is 4.23. The number of sulfone groups is 1. The van der Waals surface area contributed by atoms with E-state index in [0.717, 1.165) is 11.8 Å². The summed E-state index contributed by atoms with van der Waals surface area (Å²) in [6.45, 7) is 0.595. The van der Waals surface area contributed by atoms with Crippen molar-refractivity contribution < 1.29 is 13.2 Å². The molecule has 0 aliphatic rings. The Morgan fingerprint density at radius 3 is 2.75 bits per heavy atom. The Hall–Kier alpha value is -2.85. The highest BCUT2D eigenvalue weighted by Crippen LogP contribution is 2.20. The molecule has 24 heavy (non-hydrogen) atoms. The van der Waals surface area contributed by atoms with E-state index in [2.05, 4.69) is 11.1 Å². The number of nitriles is 1. The van der Waals surface area contributed by atoms with Crippen molar-refractivity contribution in [1.29, 1.82) is 5.26 Å². The fraction of sp³-hybridized carbons (Fsp3) is 0.176. The van der Waals surface area contributed by atoms with Crippen LogP contribution in [0.3, 0.4) is 0 Å². The number of fused-ring (bicyclic) bond motifs is 1. The highest BCUT2D eigenvalue weighted by Gasteiger charge is 2.19. The van der Waals surface area contributed by atoms with Crippen LogP contribution in [-0.2, 0) is 16.4 Å². The van der Waals surface area contributed by atoms with E-state index in [0.29, 0.717) is 23.4 Å². The van der Waals surface area contributed by atoms with Gasteiger partial charge in [-0.3, -0.25) is 0 Å². The quantitative estimate of drug-likeness (QED) is 0.711. The van der Waals surface area contributed by atoms with Crippen LogP contribution in [0.4, 0.5) is 0 Å². The Bertz CT molecular complexity index is 1030. The molecule has 0 saturated heterocycles. The summed E-state index contributed by atoms with van der Waals surface area (Å²) in [6, 6.07) is 16.1. The molecule has 0 fully saturated rings. The molecule has 2 aromatic carbocycles. The second-order valence-electron chi connectivity index (χ2n) is 5.29. The third-order valence-corrected chi connectivity index (χ3v) is 4.47. The molecule has 0 amide bonds. The molecule has 0 atom stereocenters. The van der Waals surface area contributed by atoms with Gasteiger partial charge >= 0.3 is 0 Å². The van der Waals surface area contributed by atoms with Gasteiger partial charge in [0.1, 0.15) is 12.4 Å². The molecular weight excluding hydrogens is 326 g/mol. The van der Waals surface area contributed by atoms with Gasteiger partial charge in [-0.2, -0.15) is 5.26 Å². The summed E-state index contributed by atoms with van der Waals surface area (Å²) in [7, 11) is -3.45. The molecule has 0 radical (unpaired) electrons. The summed E-state index contributed by atoms with van der Waals surface area (Å²) in [5, 5.41) is 8.92. The van der Waals surface area contributed by atoms with Crippen LogP contribution < -0.4 is 4.74 Å². The van der Waals surface area contributed by atoms with Gasteiger partial charge < -0.3 is 9.30 Å². The van der Waals surface area contributed by atoms with Crippen molar-refractivity contribution in [2.24, 2.45) is 0 Å². The topological polar surface area (TPSA) is 85.0 Å². The minimum atomic E-state index is -3.45. The fourth-order valence-corrected chi connectivity index (χ4v) is 3.32. The standard InChI is InChI=1S/C17H15N3O3S/c1-24(21,22)17-19-15-7-2-3-8-16(15)20(17)9-10-23-14-6-4-5-13(11-14)12-18/h2-8,11H,9-10H2,1H3. The van der Waals surface area contributed by atoms with E-state index in [9.17, 15) is 8.42 Å². The molecule has 0 N–H and O–H groups in total. The summed E-state index contributed by atoms with van der Waals surface area (Å²) in [6.07, 6.45) is 1.14. The van der Waals surface area contributed by atoms with E-state index in [-0.39, 0.29) is 11.8 Å². The first-order valence-electron chi connectivity index (χ1n) is 7.27. The largest absolute Gasteiger partial charge is 0.492 e. The molecule has 0 saturated carbocycles.